The molecule has 0 aliphatic carbocycles. The number of hydrogen-bond donors (Lipinski definition) is 1. The van der Waals surface area contributed by atoms with Crippen molar-refractivity contribution >= 4 is 16.9 Å². The van der Waals surface area contributed by atoms with Gasteiger partial charge in [0.25, 0.3) is 5.91 Å². The van der Waals surface area contributed by atoms with Crippen LogP contribution in [0, 0.1) is 5.92 Å². The highest BCUT2D eigenvalue weighted by Gasteiger charge is 2.19. The fourth-order valence-corrected chi connectivity index (χ4v) is 2.83. The summed E-state index contributed by atoms with van der Waals surface area (Å²) in [6.07, 6.45) is 3.19. The maximum Gasteiger partial charge on any atom is 0.251 e. The monoisotopic (exact) mass is 271 g/mol. The van der Waals surface area contributed by atoms with E-state index in [-0.39, 0.29) is 5.91 Å². The molecule has 4 heteroatoms. The lowest BCUT2D eigenvalue weighted by molar-refractivity contribution is 0.0954. The molecule has 1 aliphatic rings. The number of imidazole rings is 1. The van der Waals surface area contributed by atoms with Crippen LogP contribution in [0.5, 0.6) is 0 Å². The molecule has 3 rings (SSSR count). The van der Waals surface area contributed by atoms with E-state index in [1.165, 1.54) is 6.42 Å². The van der Waals surface area contributed by atoms with Crippen molar-refractivity contribution in [3.63, 3.8) is 0 Å². The molecular formula is C16H21N3O. The number of benzene rings is 1. The first-order chi connectivity index (χ1) is 9.69. The zero-order valence-corrected chi connectivity index (χ0v) is 12.1. The summed E-state index contributed by atoms with van der Waals surface area (Å²) in [6.45, 7) is 6.07. The molecule has 1 unspecified atom stereocenters. The third-order valence-electron chi connectivity index (χ3n) is 4.00. The van der Waals surface area contributed by atoms with Gasteiger partial charge < -0.3 is 9.88 Å². The van der Waals surface area contributed by atoms with Crippen LogP contribution in [-0.4, -0.2) is 22.0 Å². The Morgan fingerprint density at radius 1 is 1.50 bits per heavy atom. The van der Waals surface area contributed by atoms with E-state index < -0.39 is 0 Å². The Balaban J connectivity index is 1.94. The summed E-state index contributed by atoms with van der Waals surface area (Å²) in [5.74, 6) is 1.85. The summed E-state index contributed by atoms with van der Waals surface area (Å²) < 4.78 is 2.29. The van der Waals surface area contributed by atoms with Crippen LogP contribution in [0.1, 0.15) is 42.9 Å². The Labute approximate surface area is 119 Å². The van der Waals surface area contributed by atoms with Crippen LogP contribution in [0.4, 0.5) is 0 Å². The van der Waals surface area contributed by atoms with Crippen molar-refractivity contribution in [1.29, 1.82) is 0 Å². The van der Waals surface area contributed by atoms with Gasteiger partial charge in [0.2, 0.25) is 0 Å². The van der Waals surface area contributed by atoms with Crippen LogP contribution >= 0.6 is 0 Å². The largest absolute Gasteiger partial charge is 0.352 e. The molecule has 1 amide bonds. The van der Waals surface area contributed by atoms with Gasteiger partial charge in [0.05, 0.1) is 11.0 Å². The Kier molecular flexibility index (Phi) is 3.47. The smallest absolute Gasteiger partial charge is 0.251 e. The fraction of sp³-hybridized carbons (Fsp3) is 0.500. The summed E-state index contributed by atoms with van der Waals surface area (Å²) in [6, 6.07) is 5.85. The number of carbonyl (C=O) groups excluding carboxylic acids is 1. The highest BCUT2D eigenvalue weighted by atomic mass is 16.1. The van der Waals surface area contributed by atoms with Crippen molar-refractivity contribution in [2.45, 2.75) is 39.7 Å². The highest BCUT2D eigenvalue weighted by molar-refractivity contribution is 5.97. The number of carbonyl (C=O) groups is 1. The van der Waals surface area contributed by atoms with Crippen molar-refractivity contribution in [3.05, 3.63) is 29.6 Å². The van der Waals surface area contributed by atoms with E-state index in [1.807, 2.05) is 25.1 Å². The minimum atomic E-state index is -0.00640. The van der Waals surface area contributed by atoms with Crippen LogP contribution in [0.2, 0.25) is 0 Å². The fourth-order valence-electron chi connectivity index (χ4n) is 2.83. The third-order valence-corrected chi connectivity index (χ3v) is 4.00. The Bertz CT molecular complexity index is 644. The Morgan fingerprint density at radius 2 is 2.35 bits per heavy atom. The quantitative estimate of drug-likeness (QED) is 0.933. The number of fused-ring (bicyclic) bond motifs is 3. The predicted molar refractivity (Wildman–Crippen MR) is 79.8 cm³/mol. The number of nitrogens with zero attached hydrogens (tertiary/aromatic N) is 2. The average Bonchev–Trinajstić information content (AvgIpc) is 2.80. The third kappa shape index (κ3) is 2.30. The SMILES string of the molecule is CCCNC(=O)c1ccc2c(c1)nc1n2CCC(C)C1. The van der Waals surface area contributed by atoms with Gasteiger partial charge in [-0.2, -0.15) is 0 Å². The lowest BCUT2D eigenvalue weighted by Crippen LogP contribution is -2.23. The van der Waals surface area contributed by atoms with Gasteiger partial charge >= 0.3 is 0 Å². The molecule has 1 aliphatic heterocycles. The van der Waals surface area contributed by atoms with Gasteiger partial charge in [-0.25, -0.2) is 4.98 Å². The maximum absolute atomic E-state index is 12.0. The van der Waals surface area contributed by atoms with E-state index >= 15 is 0 Å². The van der Waals surface area contributed by atoms with E-state index in [4.69, 9.17) is 4.98 Å². The minimum absolute atomic E-state index is 0.00640. The van der Waals surface area contributed by atoms with E-state index in [2.05, 4.69) is 16.8 Å². The summed E-state index contributed by atoms with van der Waals surface area (Å²) in [5.41, 5.74) is 2.80. The van der Waals surface area contributed by atoms with Gasteiger partial charge in [0, 0.05) is 25.1 Å². The van der Waals surface area contributed by atoms with Crippen molar-refractivity contribution in [1.82, 2.24) is 14.9 Å². The standard InChI is InChI=1S/C16H21N3O/c1-3-7-17-16(20)12-4-5-14-13(10-12)18-15-9-11(2)6-8-19(14)15/h4-5,10-11H,3,6-9H2,1-2H3,(H,17,20). The first kappa shape index (κ1) is 13.2. The second-order valence-electron chi connectivity index (χ2n) is 5.74. The van der Waals surface area contributed by atoms with Crippen LogP contribution in [0.25, 0.3) is 11.0 Å². The Hall–Kier alpha value is -1.84. The van der Waals surface area contributed by atoms with Crippen molar-refractivity contribution < 1.29 is 4.79 Å². The van der Waals surface area contributed by atoms with E-state index in [9.17, 15) is 4.79 Å². The summed E-state index contributed by atoms with van der Waals surface area (Å²) in [7, 11) is 0. The van der Waals surface area contributed by atoms with Crippen molar-refractivity contribution in [3.8, 4) is 0 Å². The molecule has 20 heavy (non-hydrogen) atoms. The molecule has 0 bridgehead atoms. The zero-order valence-electron chi connectivity index (χ0n) is 12.1. The molecule has 4 nitrogen and oxygen atoms in total. The zero-order chi connectivity index (χ0) is 14.1. The Morgan fingerprint density at radius 3 is 3.15 bits per heavy atom. The van der Waals surface area contributed by atoms with E-state index in [0.29, 0.717) is 18.0 Å². The first-order valence-corrected chi connectivity index (χ1v) is 7.46. The number of aromatic nitrogens is 2. The number of rotatable bonds is 3. The number of nitrogens with one attached hydrogen (secondary N) is 1. The molecule has 2 aromatic rings. The molecule has 0 radical (unpaired) electrons. The van der Waals surface area contributed by atoms with Gasteiger partial charge in [-0.3, -0.25) is 4.79 Å². The number of amides is 1. The van der Waals surface area contributed by atoms with Gasteiger partial charge in [-0.1, -0.05) is 13.8 Å². The summed E-state index contributed by atoms with van der Waals surface area (Å²) in [4.78, 5) is 16.7. The number of hydrogen-bond acceptors (Lipinski definition) is 2. The second kappa shape index (κ2) is 5.27. The van der Waals surface area contributed by atoms with Crippen LogP contribution < -0.4 is 5.32 Å². The van der Waals surface area contributed by atoms with Crippen LogP contribution in [0.15, 0.2) is 18.2 Å². The highest BCUT2D eigenvalue weighted by Crippen LogP contribution is 2.25. The molecule has 1 aromatic carbocycles. The van der Waals surface area contributed by atoms with Gasteiger partial charge in [0.15, 0.2) is 0 Å². The normalized spacial score (nSPS) is 18.0. The first-order valence-electron chi connectivity index (χ1n) is 7.46. The van der Waals surface area contributed by atoms with Crippen LogP contribution in [0.3, 0.4) is 0 Å². The molecule has 0 spiro atoms. The molecule has 1 aromatic heterocycles. The topological polar surface area (TPSA) is 46.9 Å². The second-order valence-corrected chi connectivity index (χ2v) is 5.74. The molecule has 0 saturated heterocycles. The molecule has 0 saturated carbocycles. The lowest BCUT2D eigenvalue weighted by atomic mass is 10.0. The van der Waals surface area contributed by atoms with E-state index in [0.717, 1.165) is 36.2 Å². The maximum atomic E-state index is 12.0. The molecule has 1 atom stereocenters. The molecule has 0 fully saturated rings. The summed E-state index contributed by atoms with van der Waals surface area (Å²) >= 11 is 0. The van der Waals surface area contributed by atoms with Crippen molar-refractivity contribution in [2.24, 2.45) is 5.92 Å². The summed E-state index contributed by atoms with van der Waals surface area (Å²) in [5, 5.41) is 2.91. The molecule has 106 valence electrons. The average molecular weight is 271 g/mol. The van der Waals surface area contributed by atoms with E-state index in [1.54, 1.807) is 0 Å². The molecular weight excluding hydrogens is 250 g/mol. The molecule has 1 N–H and O–H groups in total. The van der Waals surface area contributed by atoms with Gasteiger partial charge in [-0.05, 0) is 37.0 Å². The van der Waals surface area contributed by atoms with Gasteiger partial charge in [0.1, 0.15) is 5.82 Å². The number of aryl methyl sites for hydroxylation is 1. The van der Waals surface area contributed by atoms with Crippen LogP contribution in [-0.2, 0) is 13.0 Å². The lowest BCUT2D eigenvalue weighted by Gasteiger charge is -2.19. The predicted octanol–water partition coefficient (Wildman–Crippen LogP) is 2.76. The van der Waals surface area contributed by atoms with Crippen molar-refractivity contribution in [2.75, 3.05) is 6.54 Å². The minimum Gasteiger partial charge on any atom is -0.352 e. The van der Waals surface area contributed by atoms with Gasteiger partial charge in [-0.15, -0.1) is 0 Å². The molecule has 2 heterocycles.